The van der Waals surface area contributed by atoms with E-state index in [4.69, 9.17) is 0 Å². The molecule has 0 aliphatic heterocycles. The molecule has 0 aliphatic carbocycles. The Morgan fingerprint density at radius 2 is 1.00 bits per heavy atom. The molecule has 3 N–H and O–H groups in total. The van der Waals surface area contributed by atoms with Crippen molar-refractivity contribution in [2.24, 2.45) is 0 Å². The molecule has 0 aromatic heterocycles. The number of hydrogen-bond donors (Lipinski definition) is 1. The van der Waals surface area contributed by atoms with Crippen LogP contribution in [0.3, 0.4) is 0 Å². The molecule has 0 saturated heterocycles. The predicted molar refractivity (Wildman–Crippen MR) is 23.6 cm³/mol. The Kier molecular flexibility index (Phi) is 356. The van der Waals surface area contributed by atoms with Crippen molar-refractivity contribution < 1.29 is 18.9 Å². The summed E-state index contributed by atoms with van der Waals surface area (Å²) in [6, 6.07) is 0. The van der Waals surface area contributed by atoms with Crippen LogP contribution in [-0.2, 0) is 0 Å². The first-order chi connectivity index (χ1) is 0. The molecule has 0 heterocycles. The first-order valence-electron chi connectivity index (χ1n) is 0. The molecule has 0 aliphatic rings. The van der Waals surface area contributed by atoms with Gasteiger partial charge in [-0.1, -0.05) is 0 Å². The zero-order valence-electron chi connectivity index (χ0n) is 2.12. The normalized spacial score (nSPS) is 0. The second kappa shape index (κ2) is 26.3. The van der Waals surface area contributed by atoms with Crippen molar-refractivity contribution in [2.75, 3.05) is 0 Å². The molecule has 0 rings (SSSR count). The van der Waals surface area contributed by atoms with E-state index >= 15 is 0 Å². The summed E-state index contributed by atoms with van der Waals surface area (Å²) < 4.78 is 0. The summed E-state index contributed by atoms with van der Waals surface area (Å²) in [6.07, 6.45) is 0. The molecular formula is H8AlClLiN. The average Bonchev–Trinajstić information content (AvgIpc) is 0. The smallest absolute Gasteiger partial charge is 0.344 e. The van der Waals surface area contributed by atoms with Crippen LogP contribution in [0.4, 0.5) is 0 Å². The molecule has 0 spiro atoms. The Bertz CT molecular complexity index is 8.00. The van der Waals surface area contributed by atoms with E-state index < -0.39 is 0 Å². The van der Waals surface area contributed by atoms with Gasteiger partial charge < -0.3 is 6.15 Å². The van der Waals surface area contributed by atoms with Gasteiger partial charge >= 0.3 is 18.9 Å². The molecule has 0 fully saturated rings. The van der Waals surface area contributed by atoms with Crippen molar-refractivity contribution in [2.45, 2.75) is 0 Å². The molecular weight excluding hydrogens is 83.4 g/mol. The summed E-state index contributed by atoms with van der Waals surface area (Å²) in [7, 11) is 0. The van der Waals surface area contributed by atoms with Crippen LogP contribution < -0.4 is 25.0 Å². The molecule has 0 unspecified atom stereocenters. The molecule has 24 valence electrons. The summed E-state index contributed by atoms with van der Waals surface area (Å²) in [5.41, 5.74) is 0. The molecule has 0 aromatic carbocycles. The van der Waals surface area contributed by atoms with Crippen LogP contribution in [0, 0.1) is 0 Å². The van der Waals surface area contributed by atoms with E-state index in [1.165, 1.54) is 0 Å². The van der Waals surface area contributed by atoms with Crippen molar-refractivity contribution in [3.05, 3.63) is 0 Å². The van der Waals surface area contributed by atoms with Crippen LogP contribution in [-0.4, -0.2) is 17.4 Å². The van der Waals surface area contributed by atoms with Gasteiger partial charge in [-0.25, -0.2) is 0 Å². The number of rotatable bonds is 0. The topological polar surface area (TPSA) is 35.0 Å². The van der Waals surface area contributed by atoms with Crippen LogP contribution in [0.5, 0.6) is 0 Å². The zero-order valence-corrected chi connectivity index (χ0v) is 2.93. The van der Waals surface area contributed by atoms with E-state index in [0.717, 1.165) is 0 Å². The molecule has 4 heavy (non-hydrogen) atoms. The summed E-state index contributed by atoms with van der Waals surface area (Å²) in [4.78, 5) is 0. The van der Waals surface area contributed by atoms with Gasteiger partial charge in [0.25, 0.3) is 0 Å². The fraction of sp³-hybridized carbons (Fsp3) is 0. The largest absolute Gasteiger partial charge is 1.00 e. The molecule has 0 radical (unpaired) electrons. The van der Waals surface area contributed by atoms with Crippen LogP contribution in [0.1, 0.15) is 0 Å². The molecule has 0 saturated carbocycles. The molecule has 0 atom stereocenters. The summed E-state index contributed by atoms with van der Waals surface area (Å²) in [5, 5.41) is 0. The average molecular weight is 91.4 g/mol. The van der Waals surface area contributed by atoms with E-state index in [-0.39, 0.29) is 54.8 Å². The summed E-state index contributed by atoms with van der Waals surface area (Å²) >= 11 is 0. The minimum absolute atomic E-state index is 0. The third kappa shape index (κ3) is 10.1. The van der Waals surface area contributed by atoms with Crippen molar-refractivity contribution in [3.8, 4) is 0 Å². The molecule has 4 heteroatoms. The van der Waals surface area contributed by atoms with Gasteiger partial charge in [-0.15, -0.1) is 12.4 Å². The van der Waals surface area contributed by atoms with E-state index in [2.05, 4.69) is 0 Å². The molecule has 0 bridgehead atoms. The van der Waals surface area contributed by atoms with Crippen molar-refractivity contribution in [1.29, 1.82) is 0 Å². The Balaban J connectivity index is 0. The zero-order chi connectivity index (χ0) is 0. The van der Waals surface area contributed by atoms with Crippen LogP contribution in [0.15, 0.2) is 0 Å². The Hall–Kier alpha value is 1.38. The predicted octanol–water partition coefficient (Wildman–Crippen LogP) is -3.86. The second-order valence-electron chi connectivity index (χ2n) is 0. The van der Waals surface area contributed by atoms with E-state index in [1.807, 2.05) is 0 Å². The Morgan fingerprint density at radius 1 is 1.00 bits per heavy atom. The monoisotopic (exact) mass is 91.0 g/mol. The van der Waals surface area contributed by atoms with Crippen LogP contribution >= 0.6 is 12.4 Å². The van der Waals surface area contributed by atoms with Crippen LogP contribution in [0.2, 0.25) is 0 Å². The maximum atomic E-state index is 0. The van der Waals surface area contributed by atoms with Gasteiger partial charge in [0, 0.05) is 17.4 Å². The van der Waals surface area contributed by atoms with Gasteiger partial charge in [-0.3, -0.25) is 0 Å². The fourth-order valence-electron chi connectivity index (χ4n) is 0. The van der Waals surface area contributed by atoms with Gasteiger partial charge in [-0.05, 0) is 0 Å². The molecule has 0 amide bonds. The minimum Gasteiger partial charge on any atom is -0.344 e. The first kappa shape index (κ1) is 54.2. The SMILES string of the molecule is Cl.N.[AlH4-].[Li+]. The van der Waals surface area contributed by atoms with Gasteiger partial charge in [0.2, 0.25) is 0 Å². The molecule has 1 nitrogen and oxygen atoms in total. The summed E-state index contributed by atoms with van der Waals surface area (Å²) in [6.45, 7) is 0. The Labute approximate surface area is 54.8 Å². The first-order valence-corrected chi connectivity index (χ1v) is 0. The number of halogens is 1. The molecule has 0 aromatic rings. The third-order valence-electron chi connectivity index (χ3n) is 0. The quantitative estimate of drug-likeness (QED) is 0.304. The van der Waals surface area contributed by atoms with Gasteiger partial charge in [0.1, 0.15) is 0 Å². The van der Waals surface area contributed by atoms with E-state index in [0.29, 0.717) is 0 Å². The van der Waals surface area contributed by atoms with Crippen LogP contribution in [0.25, 0.3) is 0 Å². The van der Waals surface area contributed by atoms with E-state index in [1.54, 1.807) is 0 Å². The maximum Gasteiger partial charge on any atom is 1.00 e. The maximum absolute atomic E-state index is 0. The van der Waals surface area contributed by atoms with E-state index in [9.17, 15) is 0 Å². The second-order valence-corrected chi connectivity index (χ2v) is 0. The summed E-state index contributed by atoms with van der Waals surface area (Å²) in [5.74, 6) is 0. The van der Waals surface area contributed by atoms with Gasteiger partial charge in [0.05, 0.1) is 0 Å². The van der Waals surface area contributed by atoms with Gasteiger partial charge in [-0.2, -0.15) is 0 Å². The fourth-order valence-corrected chi connectivity index (χ4v) is 0. The van der Waals surface area contributed by atoms with Crippen molar-refractivity contribution in [1.82, 2.24) is 6.15 Å². The third-order valence-corrected chi connectivity index (χ3v) is 0. The minimum atomic E-state index is 0. The Morgan fingerprint density at radius 3 is 1.00 bits per heavy atom. The van der Waals surface area contributed by atoms with Crippen molar-refractivity contribution in [3.63, 3.8) is 0 Å². The standard InChI is InChI=1S/Al.ClH.Li.H3N.4H/h;1H;;1H3;;;;/q-1;;+1;;;;;. The van der Waals surface area contributed by atoms with Crippen molar-refractivity contribution >= 4 is 29.8 Å². The van der Waals surface area contributed by atoms with Gasteiger partial charge in [0.15, 0.2) is 0 Å². The number of hydrogen-bond acceptors (Lipinski definition) is 1.